The highest BCUT2D eigenvalue weighted by Crippen LogP contribution is 2.43. The van der Waals surface area contributed by atoms with Crippen molar-refractivity contribution in [2.75, 3.05) is 6.79 Å². The van der Waals surface area contributed by atoms with Gasteiger partial charge in [0.2, 0.25) is 6.79 Å². The zero-order valence-electron chi connectivity index (χ0n) is 9.62. The molecular formula is C12H13ClO4. The number of fused-ring (bicyclic) bond motifs is 1. The van der Waals surface area contributed by atoms with Crippen LogP contribution in [0.4, 0.5) is 0 Å². The second-order valence-electron chi connectivity index (χ2n) is 4.65. The second-order valence-corrected chi connectivity index (χ2v) is 5.05. The molecule has 2 rings (SSSR count). The van der Waals surface area contributed by atoms with Crippen LogP contribution in [0.3, 0.4) is 0 Å². The molecule has 0 amide bonds. The van der Waals surface area contributed by atoms with Gasteiger partial charge in [0.05, 0.1) is 11.4 Å². The maximum absolute atomic E-state index is 10.8. The van der Waals surface area contributed by atoms with Crippen LogP contribution in [-0.4, -0.2) is 17.9 Å². The van der Waals surface area contributed by atoms with Crippen molar-refractivity contribution < 1.29 is 19.4 Å². The zero-order valence-corrected chi connectivity index (χ0v) is 10.4. The highest BCUT2D eigenvalue weighted by molar-refractivity contribution is 6.32. The molecule has 17 heavy (non-hydrogen) atoms. The summed E-state index contributed by atoms with van der Waals surface area (Å²) >= 11 is 6.06. The molecule has 0 fully saturated rings. The van der Waals surface area contributed by atoms with Crippen LogP contribution >= 0.6 is 11.6 Å². The average Bonchev–Trinajstić information content (AvgIpc) is 2.63. The molecule has 1 aliphatic rings. The fraction of sp³-hybridized carbons (Fsp3) is 0.417. The summed E-state index contributed by atoms with van der Waals surface area (Å²) in [7, 11) is 0. The van der Waals surface area contributed by atoms with E-state index in [1.165, 1.54) is 0 Å². The van der Waals surface area contributed by atoms with E-state index in [9.17, 15) is 4.79 Å². The first-order valence-electron chi connectivity index (χ1n) is 5.21. The fourth-order valence-electron chi connectivity index (χ4n) is 1.84. The second kappa shape index (κ2) is 4.11. The van der Waals surface area contributed by atoms with Crippen LogP contribution in [0, 0.1) is 0 Å². The summed E-state index contributed by atoms with van der Waals surface area (Å²) in [4.78, 5) is 10.8. The van der Waals surface area contributed by atoms with Crippen molar-refractivity contribution in [3.8, 4) is 11.5 Å². The maximum atomic E-state index is 10.8. The lowest BCUT2D eigenvalue weighted by atomic mass is 9.81. The molecule has 0 radical (unpaired) electrons. The highest BCUT2D eigenvalue weighted by atomic mass is 35.5. The molecule has 1 aliphatic heterocycles. The van der Waals surface area contributed by atoms with E-state index < -0.39 is 11.4 Å². The zero-order chi connectivity index (χ0) is 12.6. The summed E-state index contributed by atoms with van der Waals surface area (Å²) in [6.45, 7) is 3.86. The molecule has 0 saturated heterocycles. The van der Waals surface area contributed by atoms with Crippen LogP contribution in [-0.2, 0) is 10.2 Å². The fourth-order valence-corrected chi connectivity index (χ4v) is 2.10. The normalized spacial score (nSPS) is 13.8. The lowest BCUT2D eigenvalue weighted by molar-refractivity contribution is -0.138. The van der Waals surface area contributed by atoms with E-state index in [0.717, 1.165) is 5.56 Å². The number of aliphatic carboxylic acids is 1. The molecule has 1 aromatic rings. The van der Waals surface area contributed by atoms with Gasteiger partial charge < -0.3 is 14.6 Å². The van der Waals surface area contributed by atoms with E-state index in [4.69, 9.17) is 26.2 Å². The van der Waals surface area contributed by atoms with Crippen LogP contribution in [0.5, 0.6) is 11.5 Å². The van der Waals surface area contributed by atoms with Crippen molar-refractivity contribution in [3.63, 3.8) is 0 Å². The Hall–Kier alpha value is -1.42. The van der Waals surface area contributed by atoms with Crippen molar-refractivity contribution in [3.05, 3.63) is 22.7 Å². The van der Waals surface area contributed by atoms with Gasteiger partial charge in [-0.1, -0.05) is 25.4 Å². The molecule has 4 nitrogen and oxygen atoms in total. The Bertz CT molecular complexity index is 468. The number of ether oxygens (including phenoxy) is 2. The molecule has 0 atom stereocenters. The van der Waals surface area contributed by atoms with Gasteiger partial charge in [-0.25, -0.2) is 0 Å². The molecule has 0 bridgehead atoms. The lowest BCUT2D eigenvalue weighted by Crippen LogP contribution is -2.21. The summed E-state index contributed by atoms with van der Waals surface area (Å²) in [6, 6.07) is 3.52. The summed E-state index contributed by atoms with van der Waals surface area (Å²) in [5.74, 6) is 0.260. The van der Waals surface area contributed by atoms with E-state index in [2.05, 4.69) is 0 Å². The molecule has 1 aromatic carbocycles. The van der Waals surface area contributed by atoms with Crippen molar-refractivity contribution in [1.82, 2.24) is 0 Å². The van der Waals surface area contributed by atoms with Gasteiger partial charge in [0, 0.05) is 5.41 Å². The molecule has 0 saturated carbocycles. The summed E-state index contributed by atoms with van der Waals surface area (Å²) in [6.07, 6.45) is 0.0307. The van der Waals surface area contributed by atoms with Gasteiger partial charge in [-0.15, -0.1) is 0 Å². The van der Waals surface area contributed by atoms with Gasteiger partial charge in [0.15, 0.2) is 11.5 Å². The number of carboxylic acids is 1. The molecule has 0 aromatic heterocycles. The molecular weight excluding hydrogens is 244 g/mol. The maximum Gasteiger partial charge on any atom is 0.304 e. The summed E-state index contributed by atoms with van der Waals surface area (Å²) in [5, 5.41) is 9.34. The molecule has 1 heterocycles. The Balaban J connectivity index is 2.40. The molecule has 92 valence electrons. The molecule has 0 unspecified atom stereocenters. The number of halogens is 1. The minimum Gasteiger partial charge on any atom is -0.481 e. The third kappa shape index (κ3) is 2.31. The van der Waals surface area contributed by atoms with Gasteiger partial charge in [0.25, 0.3) is 0 Å². The van der Waals surface area contributed by atoms with Crippen LogP contribution in [0.1, 0.15) is 25.8 Å². The van der Waals surface area contributed by atoms with Crippen LogP contribution in [0.25, 0.3) is 0 Å². The molecule has 1 N–H and O–H groups in total. The van der Waals surface area contributed by atoms with Crippen LogP contribution in [0.15, 0.2) is 12.1 Å². The van der Waals surface area contributed by atoms with E-state index in [0.29, 0.717) is 16.5 Å². The Labute approximate surface area is 104 Å². The number of carboxylic acid groups (broad SMARTS) is 1. The third-order valence-electron chi connectivity index (χ3n) is 2.80. The van der Waals surface area contributed by atoms with Crippen LogP contribution < -0.4 is 9.47 Å². The van der Waals surface area contributed by atoms with E-state index in [-0.39, 0.29) is 13.2 Å². The Morgan fingerprint density at radius 1 is 1.47 bits per heavy atom. The van der Waals surface area contributed by atoms with Crippen molar-refractivity contribution in [1.29, 1.82) is 0 Å². The van der Waals surface area contributed by atoms with Gasteiger partial charge in [-0.05, 0) is 17.7 Å². The van der Waals surface area contributed by atoms with Crippen molar-refractivity contribution in [2.45, 2.75) is 25.7 Å². The number of benzene rings is 1. The SMILES string of the molecule is CC(C)(CC(=O)O)c1cc(Cl)c2c(c1)OCO2. The van der Waals surface area contributed by atoms with E-state index in [1.807, 2.05) is 13.8 Å². The quantitative estimate of drug-likeness (QED) is 0.904. The van der Waals surface area contributed by atoms with Gasteiger partial charge in [-0.3, -0.25) is 4.79 Å². The monoisotopic (exact) mass is 256 g/mol. The third-order valence-corrected chi connectivity index (χ3v) is 3.08. The van der Waals surface area contributed by atoms with Crippen molar-refractivity contribution >= 4 is 17.6 Å². The number of rotatable bonds is 3. The first-order chi connectivity index (χ1) is 7.90. The molecule has 0 aliphatic carbocycles. The summed E-state index contributed by atoms with van der Waals surface area (Å²) in [5.41, 5.74) is 0.324. The molecule has 5 heteroatoms. The van der Waals surface area contributed by atoms with Crippen molar-refractivity contribution in [2.24, 2.45) is 0 Å². The first kappa shape index (κ1) is 12.0. The minimum atomic E-state index is -0.844. The van der Waals surface area contributed by atoms with E-state index in [1.54, 1.807) is 12.1 Å². The number of carbonyl (C=O) groups is 1. The van der Waals surface area contributed by atoms with Gasteiger partial charge in [0.1, 0.15) is 0 Å². The predicted octanol–water partition coefficient (Wildman–Crippen LogP) is 2.82. The average molecular weight is 257 g/mol. The predicted molar refractivity (Wildman–Crippen MR) is 62.9 cm³/mol. The first-order valence-corrected chi connectivity index (χ1v) is 5.59. The van der Waals surface area contributed by atoms with E-state index >= 15 is 0 Å². The van der Waals surface area contributed by atoms with Crippen LogP contribution in [0.2, 0.25) is 5.02 Å². The minimum absolute atomic E-state index is 0.0307. The number of hydrogen-bond donors (Lipinski definition) is 1. The largest absolute Gasteiger partial charge is 0.481 e. The molecule has 0 spiro atoms. The topological polar surface area (TPSA) is 55.8 Å². The standard InChI is InChI=1S/C12H13ClO4/c1-12(2,5-10(14)15)7-3-8(13)11-9(4-7)16-6-17-11/h3-4H,5-6H2,1-2H3,(H,14,15). The number of hydrogen-bond acceptors (Lipinski definition) is 3. The van der Waals surface area contributed by atoms with Gasteiger partial charge in [-0.2, -0.15) is 0 Å². The summed E-state index contributed by atoms with van der Waals surface area (Å²) < 4.78 is 10.5. The smallest absolute Gasteiger partial charge is 0.304 e. The highest BCUT2D eigenvalue weighted by Gasteiger charge is 2.28. The lowest BCUT2D eigenvalue weighted by Gasteiger charge is -2.23. The Kier molecular flexibility index (Phi) is 2.91. The Morgan fingerprint density at radius 2 is 2.18 bits per heavy atom. The van der Waals surface area contributed by atoms with Gasteiger partial charge >= 0.3 is 5.97 Å². The Morgan fingerprint density at radius 3 is 2.82 bits per heavy atom.